The minimum Gasteiger partial charge on any atom is -0.481 e. The standard InChI is InChI=1S/C14H15N3O4S/c1-8-6-22-13-15-5-9(11(19)17(8)13)10(18)16-4-3-14(2,7-16)12(20)21/h5-6H,3-4,7H2,1-2H3,(H,20,21). The molecule has 0 aliphatic carbocycles. The van der Waals surface area contributed by atoms with Crippen molar-refractivity contribution in [1.82, 2.24) is 14.3 Å². The highest BCUT2D eigenvalue weighted by atomic mass is 32.1. The SMILES string of the molecule is Cc1csc2ncc(C(=O)N3CCC(C)(C(=O)O)C3)c(=O)n12. The van der Waals surface area contributed by atoms with Gasteiger partial charge in [-0.25, -0.2) is 4.98 Å². The number of amides is 1. The number of aromatic nitrogens is 2. The average Bonchev–Trinajstić information content (AvgIpc) is 3.04. The molecule has 3 rings (SSSR count). The number of nitrogens with zero attached hydrogens (tertiary/aromatic N) is 3. The molecule has 0 saturated carbocycles. The molecule has 22 heavy (non-hydrogen) atoms. The number of carbonyl (C=O) groups excluding carboxylic acids is 1. The lowest BCUT2D eigenvalue weighted by Crippen LogP contribution is -2.37. The monoisotopic (exact) mass is 321 g/mol. The molecule has 0 aromatic carbocycles. The van der Waals surface area contributed by atoms with Crippen LogP contribution in [0.5, 0.6) is 0 Å². The Hall–Kier alpha value is -2.22. The van der Waals surface area contributed by atoms with Crippen molar-refractivity contribution < 1.29 is 14.7 Å². The minimum atomic E-state index is -0.957. The Morgan fingerprint density at radius 3 is 2.82 bits per heavy atom. The first-order valence-corrected chi connectivity index (χ1v) is 7.70. The molecule has 2 aromatic heterocycles. The van der Waals surface area contributed by atoms with E-state index in [1.165, 1.54) is 26.8 Å². The maximum Gasteiger partial charge on any atom is 0.311 e. The number of carboxylic acid groups (broad SMARTS) is 1. The van der Waals surface area contributed by atoms with Crippen LogP contribution in [0.1, 0.15) is 29.4 Å². The van der Waals surface area contributed by atoms with Gasteiger partial charge in [0.05, 0.1) is 5.41 Å². The van der Waals surface area contributed by atoms with E-state index in [4.69, 9.17) is 0 Å². The van der Waals surface area contributed by atoms with E-state index < -0.39 is 22.9 Å². The molecule has 3 heterocycles. The number of likely N-dealkylation sites (tertiary alicyclic amines) is 1. The van der Waals surface area contributed by atoms with E-state index in [1.807, 2.05) is 0 Å². The first-order chi connectivity index (χ1) is 10.3. The minimum absolute atomic E-state index is 0.0198. The first-order valence-electron chi connectivity index (χ1n) is 6.82. The van der Waals surface area contributed by atoms with Crippen molar-refractivity contribution in [3.05, 3.63) is 33.2 Å². The zero-order chi connectivity index (χ0) is 16.1. The van der Waals surface area contributed by atoms with Crippen LogP contribution in [-0.4, -0.2) is 44.4 Å². The molecule has 1 saturated heterocycles. The quantitative estimate of drug-likeness (QED) is 0.891. The highest BCUT2D eigenvalue weighted by Crippen LogP contribution is 2.30. The molecule has 7 nitrogen and oxygen atoms in total. The largest absolute Gasteiger partial charge is 0.481 e. The number of thiazole rings is 1. The third kappa shape index (κ3) is 2.10. The molecule has 8 heteroatoms. The summed E-state index contributed by atoms with van der Waals surface area (Å²) in [5, 5.41) is 11.0. The van der Waals surface area contributed by atoms with E-state index in [0.717, 1.165) is 5.69 Å². The van der Waals surface area contributed by atoms with Gasteiger partial charge in [0.15, 0.2) is 4.96 Å². The Morgan fingerprint density at radius 2 is 2.18 bits per heavy atom. The normalized spacial score (nSPS) is 21.5. The average molecular weight is 321 g/mol. The molecule has 1 amide bonds. The summed E-state index contributed by atoms with van der Waals surface area (Å²) in [5.74, 6) is -1.38. The number of fused-ring (bicyclic) bond motifs is 1. The van der Waals surface area contributed by atoms with Crippen LogP contribution in [0.4, 0.5) is 0 Å². The lowest BCUT2D eigenvalue weighted by atomic mass is 9.90. The number of carboxylic acids is 1. The molecule has 1 aliphatic rings. The van der Waals surface area contributed by atoms with Crippen LogP contribution in [0.25, 0.3) is 4.96 Å². The summed E-state index contributed by atoms with van der Waals surface area (Å²) in [5.41, 5.74) is -0.655. The van der Waals surface area contributed by atoms with Crippen molar-refractivity contribution in [1.29, 1.82) is 0 Å². The van der Waals surface area contributed by atoms with Crippen LogP contribution in [0.15, 0.2) is 16.4 Å². The van der Waals surface area contributed by atoms with Gasteiger partial charge in [0.2, 0.25) is 0 Å². The van der Waals surface area contributed by atoms with Gasteiger partial charge in [-0.15, -0.1) is 11.3 Å². The van der Waals surface area contributed by atoms with Crippen molar-refractivity contribution in [2.24, 2.45) is 5.41 Å². The lowest BCUT2D eigenvalue weighted by Gasteiger charge is -2.19. The second-order valence-electron chi connectivity index (χ2n) is 5.81. The van der Waals surface area contributed by atoms with Crippen LogP contribution < -0.4 is 5.56 Å². The maximum atomic E-state index is 12.5. The van der Waals surface area contributed by atoms with Crippen LogP contribution in [0.2, 0.25) is 0 Å². The molecule has 116 valence electrons. The highest BCUT2D eigenvalue weighted by Gasteiger charge is 2.42. The number of carbonyl (C=O) groups is 2. The predicted octanol–water partition coefficient (Wildman–Crippen LogP) is 1.00. The van der Waals surface area contributed by atoms with Crippen molar-refractivity contribution in [2.75, 3.05) is 13.1 Å². The van der Waals surface area contributed by atoms with Gasteiger partial charge < -0.3 is 10.0 Å². The van der Waals surface area contributed by atoms with Crippen LogP contribution in [-0.2, 0) is 4.79 Å². The summed E-state index contributed by atoms with van der Waals surface area (Å²) >= 11 is 1.33. The Labute approximate surface area is 129 Å². The van der Waals surface area contributed by atoms with Gasteiger partial charge in [-0.05, 0) is 20.3 Å². The fourth-order valence-electron chi connectivity index (χ4n) is 2.65. The Bertz CT molecular complexity index is 840. The fourth-order valence-corrected chi connectivity index (χ4v) is 3.48. The summed E-state index contributed by atoms with van der Waals surface area (Å²) in [6, 6.07) is 0. The number of rotatable bonds is 2. The van der Waals surface area contributed by atoms with Crippen molar-refractivity contribution in [2.45, 2.75) is 20.3 Å². The van der Waals surface area contributed by atoms with E-state index in [-0.39, 0.29) is 12.1 Å². The summed E-state index contributed by atoms with van der Waals surface area (Å²) < 4.78 is 1.41. The smallest absolute Gasteiger partial charge is 0.311 e. The molecule has 2 aromatic rings. The zero-order valence-electron chi connectivity index (χ0n) is 12.2. The fraction of sp³-hybridized carbons (Fsp3) is 0.429. The van der Waals surface area contributed by atoms with E-state index >= 15 is 0 Å². The highest BCUT2D eigenvalue weighted by molar-refractivity contribution is 7.15. The molecule has 1 atom stereocenters. The zero-order valence-corrected chi connectivity index (χ0v) is 13.0. The Kier molecular flexibility index (Phi) is 3.28. The number of aliphatic carboxylic acids is 1. The van der Waals surface area contributed by atoms with Gasteiger partial charge in [0, 0.05) is 30.4 Å². The van der Waals surface area contributed by atoms with Crippen molar-refractivity contribution >= 4 is 28.2 Å². The van der Waals surface area contributed by atoms with E-state index in [9.17, 15) is 19.5 Å². The van der Waals surface area contributed by atoms with Crippen molar-refractivity contribution in [3.63, 3.8) is 0 Å². The van der Waals surface area contributed by atoms with Crippen LogP contribution in [0.3, 0.4) is 0 Å². The summed E-state index contributed by atoms with van der Waals surface area (Å²) in [6.45, 7) is 3.82. The van der Waals surface area contributed by atoms with Gasteiger partial charge in [-0.1, -0.05) is 0 Å². The van der Waals surface area contributed by atoms with Gasteiger partial charge in [-0.3, -0.25) is 18.8 Å². The lowest BCUT2D eigenvalue weighted by molar-refractivity contribution is -0.147. The first kappa shape index (κ1) is 14.7. The number of hydrogen-bond donors (Lipinski definition) is 1. The summed E-state index contributed by atoms with van der Waals surface area (Å²) in [4.78, 5) is 42.4. The van der Waals surface area contributed by atoms with Gasteiger partial charge in [0.25, 0.3) is 11.5 Å². The topological polar surface area (TPSA) is 92.0 Å². The third-order valence-corrected chi connectivity index (χ3v) is 5.08. The molecule has 0 spiro atoms. The molecule has 0 bridgehead atoms. The summed E-state index contributed by atoms with van der Waals surface area (Å²) in [7, 11) is 0. The molecule has 1 N–H and O–H groups in total. The van der Waals surface area contributed by atoms with Gasteiger partial charge in [0.1, 0.15) is 5.56 Å². The van der Waals surface area contributed by atoms with Gasteiger partial charge in [-0.2, -0.15) is 0 Å². The maximum absolute atomic E-state index is 12.5. The number of aryl methyl sites for hydroxylation is 1. The molecule has 0 radical (unpaired) electrons. The third-order valence-electron chi connectivity index (χ3n) is 4.12. The second-order valence-corrected chi connectivity index (χ2v) is 6.65. The summed E-state index contributed by atoms with van der Waals surface area (Å²) in [6.07, 6.45) is 1.66. The van der Waals surface area contributed by atoms with Crippen LogP contribution >= 0.6 is 11.3 Å². The predicted molar refractivity (Wildman–Crippen MR) is 80.3 cm³/mol. The molecule has 1 unspecified atom stereocenters. The Balaban J connectivity index is 1.97. The molecule has 1 fully saturated rings. The Morgan fingerprint density at radius 1 is 1.45 bits per heavy atom. The van der Waals surface area contributed by atoms with Gasteiger partial charge >= 0.3 is 5.97 Å². The van der Waals surface area contributed by atoms with E-state index in [0.29, 0.717) is 17.9 Å². The second kappa shape index (κ2) is 4.91. The molecule has 1 aliphatic heterocycles. The van der Waals surface area contributed by atoms with Crippen molar-refractivity contribution in [3.8, 4) is 0 Å². The van der Waals surface area contributed by atoms with Crippen LogP contribution in [0, 0.1) is 12.3 Å². The van der Waals surface area contributed by atoms with E-state index in [1.54, 1.807) is 19.2 Å². The molecular weight excluding hydrogens is 306 g/mol. The van der Waals surface area contributed by atoms with E-state index in [2.05, 4.69) is 4.98 Å². The molecular formula is C14H15N3O4S. The number of hydrogen-bond acceptors (Lipinski definition) is 5.